The molecular formula is C23H28N6O4. The number of aryl methyl sites for hydroxylation is 1. The van der Waals surface area contributed by atoms with Gasteiger partial charge in [-0.2, -0.15) is 15.1 Å². The van der Waals surface area contributed by atoms with E-state index in [9.17, 15) is 15.0 Å². The summed E-state index contributed by atoms with van der Waals surface area (Å²) in [5.41, 5.74) is 3.34. The van der Waals surface area contributed by atoms with E-state index >= 15 is 0 Å². The van der Waals surface area contributed by atoms with Crippen molar-refractivity contribution in [3.63, 3.8) is 0 Å². The van der Waals surface area contributed by atoms with E-state index in [0.717, 1.165) is 30.3 Å². The van der Waals surface area contributed by atoms with Crippen LogP contribution in [0.4, 0.5) is 10.6 Å². The summed E-state index contributed by atoms with van der Waals surface area (Å²) in [6, 6.07) is 6.42. The maximum Gasteiger partial charge on any atom is 0.407 e. The molecule has 5 rings (SSSR count). The molecule has 1 atom stereocenters. The number of methoxy groups -OCH3 is 1. The van der Waals surface area contributed by atoms with E-state index in [1.807, 2.05) is 17.2 Å². The second-order valence-electron chi connectivity index (χ2n) is 8.83. The van der Waals surface area contributed by atoms with Crippen molar-refractivity contribution in [2.24, 2.45) is 0 Å². The van der Waals surface area contributed by atoms with Gasteiger partial charge in [-0.15, -0.1) is 0 Å². The summed E-state index contributed by atoms with van der Waals surface area (Å²) < 4.78 is 7.15. The zero-order valence-corrected chi connectivity index (χ0v) is 18.8. The molecule has 10 heteroatoms. The molecule has 2 fully saturated rings. The highest BCUT2D eigenvalue weighted by molar-refractivity contribution is 5.82. The molecule has 0 saturated carbocycles. The number of piperidine rings is 1. The van der Waals surface area contributed by atoms with Crippen LogP contribution in [0.15, 0.2) is 24.4 Å². The lowest BCUT2D eigenvalue weighted by atomic mass is 9.86. The van der Waals surface area contributed by atoms with Crippen LogP contribution < -0.4 is 9.64 Å². The van der Waals surface area contributed by atoms with Crippen LogP contribution in [0.1, 0.15) is 36.3 Å². The molecule has 0 radical (unpaired) electrons. The highest BCUT2D eigenvalue weighted by Gasteiger charge is 2.26. The number of carbonyl (C=O) groups is 1. The zero-order valence-electron chi connectivity index (χ0n) is 18.8. The van der Waals surface area contributed by atoms with Gasteiger partial charge < -0.3 is 24.7 Å². The van der Waals surface area contributed by atoms with E-state index in [4.69, 9.17) is 4.74 Å². The first kappa shape index (κ1) is 21.4. The third-order valence-corrected chi connectivity index (χ3v) is 6.73. The molecule has 1 unspecified atom stereocenters. The van der Waals surface area contributed by atoms with E-state index in [2.05, 4.69) is 34.1 Å². The van der Waals surface area contributed by atoms with Gasteiger partial charge in [0.1, 0.15) is 5.82 Å². The Labute approximate surface area is 191 Å². The van der Waals surface area contributed by atoms with Gasteiger partial charge in [0.2, 0.25) is 0 Å². The average Bonchev–Trinajstić information content (AvgIpc) is 3.44. The zero-order chi connectivity index (χ0) is 23.1. The summed E-state index contributed by atoms with van der Waals surface area (Å²) in [4.78, 5) is 23.8. The normalized spacial score (nSPS) is 19.4. The van der Waals surface area contributed by atoms with E-state index < -0.39 is 6.09 Å². The predicted octanol–water partition coefficient (Wildman–Crippen LogP) is 2.56. The number of aliphatic hydroxyl groups is 1. The summed E-state index contributed by atoms with van der Waals surface area (Å²) in [5.74, 6) is 1.60. The number of amides is 1. The van der Waals surface area contributed by atoms with Crippen molar-refractivity contribution in [2.75, 3.05) is 38.2 Å². The molecule has 4 heterocycles. The van der Waals surface area contributed by atoms with Crippen LogP contribution >= 0.6 is 0 Å². The molecule has 2 aromatic heterocycles. The fraction of sp³-hybridized carbons (Fsp3) is 0.478. The van der Waals surface area contributed by atoms with Gasteiger partial charge in [-0.25, -0.2) is 9.48 Å². The molecule has 174 valence electrons. The highest BCUT2D eigenvalue weighted by atomic mass is 16.5. The maximum atomic E-state index is 11.3. The van der Waals surface area contributed by atoms with Crippen LogP contribution in [0.5, 0.6) is 6.01 Å². The number of aromatic nitrogens is 4. The Morgan fingerprint density at radius 2 is 1.85 bits per heavy atom. The summed E-state index contributed by atoms with van der Waals surface area (Å²) in [5, 5.41) is 24.8. The Morgan fingerprint density at radius 3 is 2.52 bits per heavy atom. The molecule has 2 N–H and O–H groups in total. The summed E-state index contributed by atoms with van der Waals surface area (Å²) in [6.07, 6.45) is 2.92. The van der Waals surface area contributed by atoms with Gasteiger partial charge in [-0.1, -0.05) is 0 Å². The molecule has 1 amide bonds. The lowest BCUT2D eigenvalue weighted by molar-refractivity contribution is 0.132. The summed E-state index contributed by atoms with van der Waals surface area (Å²) >= 11 is 0. The highest BCUT2D eigenvalue weighted by Crippen LogP contribution is 2.34. The Hall–Kier alpha value is -3.40. The van der Waals surface area contributed by atoms with Crippen molar-refractivity contribution in [1.29, 1.82) is 0 Å². The number of hydrogen-bond donors (Lipinski definition) is 2. The lowest BCUT2D eigenvalue weighted by Crippen LogP contribution is -2.36. The molecular weight excluding hydrogens is 424 g/mol. The number of aliphatic hydroxyl groups excluding tert-OH is 1. The summed E-state index contributed by atoms with van der Waals surface area (Å²) in [7, 11) is 1.54. The minimum absolute atomic E-state index is 0.251. The maximum absolute atomic E-state index is 11.3. The van der Waals surface area contributed by atoms with Crippen molar-refractivity contribution in [3.8, 4) is 11.8 Å². The molecule has 0 bridgehead atoms. The molecule has 3 aromatic rings. The number of benzene rings is 1. The van der Waals surface area contributed by atoms with Crippen LogP contribution in [-0.4, -0.2) is 80.3 Å². The van der Waals surface area contributed by atoms with Crippen molar-refractivity contribution >= 4 is 22.8 Å². The van der Waals surface area contributed by atoms with Crippen LogP contribution in [0, 0.1) is 6.92 Å². The summed E-state index contributed by atoms with van der Waals surface area (Å²) in [6.45, 7) is 4.44. The number of ether oxygens (including phenoxy) is 1. The second kappa shape index (κ2) is 8.51. The molecule has 2 aliphatic rings. The molecule has 2 aliphatic heterocycles. The standard InChI is InChI=1S/C23H28N6O4/c1-14-9-16-12-24-29(19(16)10-18(14)15-3-6-27(7-4-15)23(31)32)21-11-20(25-22(26-21)33-2)28-8-5-17(30)13-28/h9-12,15,17,30H,3-8,13H2,1-2H3,(H,31,32). The number of hydrogen-bond acceptors (Lipinski definition) is 7. The number of nitrogens with zero attached hydrogens (tertiary/aromatic N) is 6. The Balaban J connectivity index is 1.52. The third-order valence-electron chi connectivity index (χ3n) is 6.73. The molecule has 1 aromatic carbocycles. The largest absolute Gasteiger partial charge is 0.467 e. The minimum Gasteiger partial charge on any atom is -0.467 e. The number of carboxylic acid groups (broad SMARTS) is 1. The first-order valence-corrected chi connectivity index (χ1v) is 11.3. The topological polar surface area (TPSA) is 117 Å². The Kier molecular flexibility index (Phi) is 5.53. The molecule has 2 saturated heterocycles. The van der Waals surface area contributed by atoms with Gasteiger partial charge in [0.05, 0.1) is 24.9 Å². The van der Waals surface area contributed by atoms with Gasteiger partial charge in [0.25, 0.3) is 0 Å². The lowest BCUT2D eigenvalue weighted by Gasteiger charge is -2.31. The van der Waals surface area contributed by atoms with E-state index in [0.29, 0.717) is 43.6 Å². The number of fused-ring (bicyclic) bond motifs is 1. The van der Waals surface area contributed by atoms with Gasteiger partial charge in [-0.05, 0) is 55.4 Å². The molecule has 33 heavy (non-hydrogen) atoms. The van der Waals surface area contributed by atoms with E-state index in [1.165, 1.54) is 23.1 Å². The van der Waals surface area contributed by atoms with Crippen LogP contribution in [0.25, 0.3) is 16.7 Å². The van der Waals surface area contributed by atoms with Crippen molar-refractivity contribution < 1.29 is 19.7 Å². The van der Waals surface area contributed by atoms with E-state index in [-0.39, 0.29) is 12.1 Å². The van der Waals surface area contributed by atoms with Gasteiger partial charge in [0.15, 0.2) is 5.82 Å². The first-order valence-electron chi connectivity index (χ1n) is 11.3. The smallest absolute Gasteiger partial charge is 0.407 e. The van der Waals surface area contributed by atoms with Crippen molar-refractivity contribution in [1.82, 2.24) is 24.6 Å². The fourth-order valence-corrected chi connectivity index (χ4v) is 4.92. The van der Waals surface area contributed by atoms with Gasteiger partial charge in [-0.3, -0.25) is 0 Å². The van der Waals surface area contributed by atoms with Gasteiger partial charge in [0, 0.05) is 37.6 Å². The van der Waals surface area contributed by atoms with Crippen molar-refractivity contribution in [2.45, 2.75) is 38.2 Å². The van der Waals surface area contributed by atoms with Crippen molar-refractivity contribution in [3.05, 3.63) is 35.5 Å². The van der Waals surface area contributed by atoms with Gasteiger partial charge >= 0.3 is 12.1 Å². The quantitative estimate of drug-likeness (QED) is 0.620. The second-order valence-corrected chi connectivity index (χ2v) is 8.83. The number of anilines is 1. The predicted molar refractivity (Wildman–Crippen MR) is 122 cm³/mol. The minimum atomic E-state index is -0.849. The number of rotatable bonds is 4. The first-order chi connectivity index (χ1) is 15.9. The molecule has 10 nitrogen and oxygen atoms in total. The monoisotopic (exact) mass is 452 g/mol. The average molecular weight is 453 g/mol. The Morgan fingerprint density at radius 1 is 1.09 bits per heavy atom. The molecule has 0 aliphatic carbocycles. The fourth-order valence-electron chi connectivity index (χ4n) is 4.92. The Bertz CT molecular complexity index is 1190. The van der Waals surface area contributed by atoms with Crippen LogP contribution in [0.3, 0.4) is 0 Å². The van der Waals surface area contributed by atoms with E-state index in [1.54, 1.807) is 4.68 Å². The third kappa shape index (κ3) is 4.06. The number of β-amino-alcohol motifs (C(OH)–C–C–N with tert-alkyl or cyclic N) is 1. The SMILES string of the molecule is COc1nc(N2CCC(O)C2)cc(-n2ncc3cc(C)c(C4CCN(C(=O)O)CC4)cc32)n1. The molecule has 0 spiro atoms. The van der Waals surface area contributed by atoms with Crippen LogP contribution in [-0.2, 0) is 0 Å². The number of likely N-dealkylation sites (tertiary alicyclic amines) is 1. The van der Waals surface area contributed by atoms with Crippen LogP contribution in [0.2, 0.25) is 0 Å².